The predicted octanol–water partition coefficient (Wildman–Crippen LogP) is -1.33. The molecule has 18 heavy (non-hydrogen) atoms. The zero-order valence-electron chi connectivity index (χ0n) is 11.0. The standard InChI is InChI=1S/C10H23N3O4S/c1-17-8-4-6-12-10(14)9-11-5-3-7-13-18(2,15)16/h11,13H,3-9H2,1-2H3,(H,12,14). The van der Waals surface area contributed by atoms with Crippen LogP contribution in [0.2, 0.25) is 0 Å². The molecule has 0 aromatic carbocycles. The third-order valence-electron chi connectivity index (χ3n) is 2.03. The number of ether oxygens (including phenoxy) is 1. The van der Waals surface area contributed by atoms with Crippen LogP contribution < -0.4 is 15.4 Å². The molecule has 1 amide bonds. The number of sulfonamides is 1. The van der Waals surface area contributed by atoms with E-state index in [1.165, 1.54) is 0 Å². The molecule has 8 heteroatoms. The second-order valence-electron chi connectivity index (χ2n) is 3.89. The molecular formula is C10H23N3O4S. The van der Waals surface area contributed by atoms with Gasteiger partial charge in [0.2, 0.25) is 15.9 Å². The number of carbonyl (C=O) groups is 1. The van der Waals surface area contributed by atoms with Gasteiger partial charge in [0.1, 0.15) is 0 Å². The highest BCUT2D eigenvalue weighted by Gasteiger charge is 2.00. The Hall–Kier alpha value is -0.700. The topological polar surface area (TPSA) is 96.5 Å². The van der Waals surface area contributed by atoms with Crippen LogP contribution in [0.4, 0.5) is 0 Å². The number of hydrogen-bond donors (Lipinski definition) is 3. The minimum absolute atomic E-state index is 0.0674. The van der Waals surface area contributed by atoms with Gasteiger partial charge in [-0.2, -0.15) is 0 Å². The van der Waals surface area contributed by atoms with E-state index in [-0.39, 0.29) is 12.5 Å². The first-order valence-corrected chi connectivity index (χ1v) is 7.76. The van der Waals surface area contributed by atoms with Crippen LogP contribution in [0, 0.1) is 0 Å². The van der Waals surface area contributed by atoms with Crippen molar-refractivity contribution in [1.82, 2.24) is 15.4 Å². The summed E-state index contributed by atoms with van der Waals surface area (Å²) >= 11 is 0. The van der Waals surface area contributed by atoms with E-state index >= 15 is 0 Å². The lowest BCUT2D eigenvalue weighted by Crippen LogP contribution is -2.35. The molecule has 0 atom stereocenters. The molecule has 0 rings (SSSR count). The van der Waals surface area contributed by atoms with Gasteiger partial charge in [0.25, 0.3) is 0 Å². The summed E-state index contributed by atoms with van der Waals surface area (Å²) in [7, 11) is -1.50. The maximum Gasteiger partial charge on any atom is 0.233 e. The number of rotatable bonds is 11. The van der Waals surface area contributed by atoms with Crippen LogP contribution >= 0.6 is 0 Å². The van der Waals surface area contributed by atoms with E-state index in [1.54, 1.807) is 7.11 Å². The Morgan fingerprint density at radius 1 is 1.17 bits per heavy atom. The van der Waals surface area contributed by atoms with Gasteiger partial charge in [-0.25, -0.2) is 13.1 Å². The summed E-state index contributed by atoms with van der Waals surface area (Å²) in [5, 5.41) is 5.67. The molecule has 0 saturated carbocycles. The molecule has 0 bridgehead atoms. The third kappa shape index (κ3) is 13.4. The maximum atomic E-state index is 11.3. The molecule has 0 unspecified atom stereocenters. The molecular weight excluding hydrogens is 258 g/mol. The summed E-state index contributed by atoms with van der Waals surface area (Å²) < 4.78 is 28.7. The highest BCUT2D eigenvalue weighted by molar-refractivity contribution is 7.88. The summed E-state index contributed by atoms with van der Waals surface area (Å²) in [5.41, 5.74) is 0. The van der Waals surface area contributed by atoms with Gasteiger partial charge in [0.05, 0.1) is 12.8 Å². The van der Waals surface area contributed by atoms with Crippen molar-refractivity contribution in [3.05, 3.63) is 0 Å². The summed E-state index contributed by atoms with van der Waals surface area (Å²) in [5.74, 6) is -0.0674. The van der Waals surface area contributed by atoms with Crippen molar-refractivity contribution in [3.8, 4) is 0 Å². The van der Waals surface area contributed by atoms with Gasteiger partial charge in [-0.3, -0.25) is 4.79 Å². The SMILES string of the molecule is COCCCNC(=O)CNCCCNS(C)(=O)=O. The minimum atomic E-state index is -3.11. The highest BCUT2D eigenvalue weighted by atomic mass is 32.2. The molecule has 0 saturated heterocycles. The second-order valence-corrected chi connectivity index (χ2v) is 5.73. The average molecular weight is 281 g/mol. The number of nitrogens with one attached hydrogen (secondary N) is 3. The Morgan fingerprint density at radius 2 is 1.89 bits per heavy atom. The van der Waals surface area contributed by atoms with Crippen molar-refractivity contribution in [2.45, 2.75) is 12.8 Å². The Morgan fingerprint density at radius 3 is 2.50 bits per heavy atom. The van der Waals surface area contributed by atoms with Crippen LogP contribution in [0.25, 0.3) is 0 Å². The molecule has 0 aliphatic carbocycles. The largest absolute Gasteiger partial charge is 0.385 e. The lowest BCUT2D eigenvalue weighted by Gasteiger charge is -2.06. The minimum Gasteiger partial charge on any atom is -0.385 e. The molecule has 7 nitrogen and oxygen atoms in total. The molecule has 0 aromatic heterocycles. The van der Waals surface area contributed by atoms with Crippen LogP contribution in [0.1, 0.15) is 12.8 Å². The van der Waals surface area contributed by atoms with Gasteiger partial charge >= 0.3 is 0 Å². The fourth-order valence-electron chi connectivity index (χ4n) is 1.18. The van der Waals surface area contributed by atoms with E-state index in [1.807, 2.05) is 0 Å². The molecule has 0 aliphatic heterocycles. The average Bonchev–Trinajstić information content (AvgIpc) is 2.28. The van der Waals surface area contributed by atoms with Crippen LogP contribution in [0.15, 0.2) is 0 Å². The second kappa shape index (κ2) is 10.2. The van der Waals surface area contributed by atoms with E-state index < -0.39 is 10.0 Å². The lowest BCUT2D eigenvalue weighted by atomic mass is 10.4. The molecule has 0 fully saturated rings. The quantitative estimate of drug-likeness (QED) is 0.408. The van der Waals surface area contributed by atoms with Gasteiger partial charge in [-0.05, 0) is 19.4 Å². The van der Waals surface area contributed by atoms with Gasteiger partial charge in [-0.15, -0.1) is 0 Å². The van der Waals surface area contributed by atoms with Crippen molar-refractivity contribution < 1.29 is 17.9 Å². The smallest absolute Gasteiger partial charge is 0.233 e. The predicted molar refractivity (Wildman–Crippen MR) is 69.8 cm³/mol. The van der Waals surface area contributed by atoms with Gasteiger partial charge in [0, 0.05) is 26.8 Å². The first kappa shape index (κ1) is 17.3. The molecule has 3 N–H and O–H groups in total. The monoisotopic (exact) mass is 281 g/mol. The third-order valence-corrected chi connectivity index (χ3v) is 2.76. The van der Waals surface area contributed by atoms with Gasteiger partial charge in [0.15, 0.2) is 0 Å². The zero-order valence-corrected chi connectivity index (χ0v) is 11.8. The van der Waals surface area contributed by atoms with Crippen molar-refractivity contribution in [2.24, 2.45) is 0 Å². The molecule has 0 aliphatic rings. The summed E-state index contributed by atoms with van der Waals surface area (Å²) in [6.07, 6.45) is 2.55. The van der Waals surface area contributed by atoms with E-state index in [2.05, 4.69) is 15.4 Å². The van der Waals surface area contributed by atoms with Crippen molar-refractivity contribution in [1.29, 1.82) is 0 Å². The number of hydrogen-bond acceptors (Lipinski definition) is 5. The van der Waals surface area contributed by atoms with E-state index in [4.69, 9.17) is 4.74 Å². The summed E-state index contributed by atoms with van der Waals surface area (Å²) in [6, 6.07) is 0. The fraction of sp³-hybridized carbons (Fsp3) is 0.900. The lowest BCUT2D eigenvalue weighted by molar-refractivity contribution is -0.120. The van der Waals surface area contributed by atoms with Crippen LogP contribution in [-0.4, -0.2) is 60.5 Å². The van der Waals surface area contributed by atoms with Gasteiger partial charge in [-0.1, -0.05) is 0 Å². The number of carbonyl (C=O) groups excluding carboxylic acids is 1. The van der Waals surface area contributed by atoms with E-state index in [9.17, 15) is 13.2 Å². The summed E-state index contributed by atoms with van der Waals surface area (Å²) in [4.78, 5) is 11.3. The molecule has 0 radical (unpaired) electrons. The van der Waals surface area contributed by atoms with Crippen LogP contribution in [0.3, 0.4) is 0 Å². The first-order valence-electron chi connectivity index (χ1n) is 5.86. The molecule has 108 valence electrons. The Balaban J connectivity index is 3.30. The highest BCUT2D eigenvalue weighted by Crippen LogP contribution is 1.79. The van der Waals surface area contributed by atoms with E-state index in [0.717, 1.165) is 12.7 Å². The Bertz CT molecular complexity index is 319. The molecule has 0 aromatic rings. The maximum absolute atomic E-state index is 11.3. The fourth-order valence-corrected chi connectivity index (χ4v) is 1.69. The normalized spacial score (nSPS) is 11.4. The van der Waals surface area contributed by atoms with Crippen LogP contribution in [0.5, 0.6) is 0 Å². The van der Waals surface area contributed by atoms with Crippen molar-refractivity contribution in [3.63, 3.8) is 0 Å². The van der Waals surface area contributed by atoms with Crippen molar-refractivity contribution >= 4 is 15.9 Å². The molecule has 0 spiro atoms. The number of amides is 1. The van der Waals surface area contributed by atoms with Crippen molar-refractivity contribution in [2.75, 3.05) is 46.2 Å². The Kier molecular flexibility index (Phi) is 9.85. The van der Waals surface area contributed by atoms with Crippen LogP contribution in [-0.2, 0) is 19.6 Å². The van der Waals surface area contributed by atoms with E-state index in [0.29, 0.717) is 32.7 Å². The summed E-state index contributed by atoms with van der Waals surface area (Å²) in [6.45, 7) is 2.44. The van der Waals surface area contributed by atoms with Gasteiger partial charge < -0.3 is 15.4 Å². The number of methoxy groups -OCH3 is 1. The Labute approximate surface area is 109 Å². The zero-order chi connectivity index (χ0) is 13.9. The molecule has 0 heterocycles. The first-order chi connectivity index (χ1) is 8.45.